The quantitative estimate of drug-likeness (QED) is 0.413. The molecule has 0 atom stereocenters. The smallest absolute Gasteiger partial charge is 0.416 e. The first kappa shape index (κ1) is 22.9. The van der Waals surface area contributed by atoms with Crippen LogP contribution in [0.25, 0.3) is 11.4 Å². The summed E-state index contributed by atoms with van der Waals surface area (Å²) in [6.07, 6.45) is 1.54. The molecule has 0 unspecified atom stereocenters. The summed E-state index contributed by atoms with van der Waals surface area (Å²) in [5.74, 6) is 0.119. The van der Waals surface area contributed by atoms with Crippen LogP contribution in [0.15, 0.2) is 59.4 Å². The minimum absolute atomic E-state index is 0.172. The standard InChI is InChI=1S/C24H27N3O5/c1-5-6-12-21-22(29)26(18-10-8-7-9-11-18)27(23(21)32-24(30)25(3)4)19-13-15-20(16-14-19)31-17(2)28/h7-11,13-16H,5-6,12H2,1-4H3. The second kappa shape index (κ2) is 10.00. The second-order valence-electron chi connectivity index (χ2n) is 7.50. The molecule has 2 aromatic carbocycles. The number of carbonyl (C=O) groups excluding carboxylic acids is 2. The molecule has 0 aliphatic heterocycles. The maximum atomic E-state index is 13.5. The summed E-state index contributed by atoms with van der Waals surface area (Å²) in [5.41, 5.74) is 1.38. The highest BCUT2D eigenvalue weighted by Gasteiger charge is 2.26. The van der Waals surface area contributed by atoms with Crippen molar-refractivity contribution in [3.8, 4) is 23.0 Å². The lowest BCUT2D eigenvalue weighted by atomic mass is 10.1. The van der Waals surface area contributed by atoms with Crippen LogP contribution in [0.1, 0.15) is 32.3 Å². The molecule has 32 heavy (non-hydrogen) atoms. The molecular weight excluding hydrogens is 410 g/mol. The fourth-order valence-corrected chi connectivity index (χ4v) is 3.23. The fraction of sp³-hybridized carbons (Fsp3) is 0.292. The molecule has 0 aliphatic carbocycles. The largest absolute Gasteiger partial charge is 0.427 e. The Labute approximate surface area is 186 Å². The molecule has 1 aromatic heterocycles. The normalized spacial score (nSPS) is 10.6. The van der Waals surface area contributed by atoms with Gasteiger partial charge in [0, 0.05) is 21.0 Å². The predicted octanol–water partition coefficient (Wildman–Crippen LogP) is 3.96. The third-order valence-corrected chi connectivity index (χ3v) is 4.77. The lowest BCUT2D eigenvalue weighted by molar-refractivity contribution is -0.131. The van der Waals surface area contributed by atoms with Crippen LogP contribution in [0.2, 0.25) is 0 Å². The molecule has 0 saturated heterocycles. The van der Waals surface area contributed by atoms with Crippen LogP contribution in [-0.4, -0.2) is 40.4 Å². The number of carbonyl (C=O) groups is 2. The van der Waals surface area contributed by atoms with Gasteiger partial charge in [-0.2, -0.15) is 0 Å². The highest BCUT2D eigenvalue weighted by Crippen LogP contribution is 2.27. The van der Waals surface area contributed by atoms with Gasteiger partial charge < -0.3 is 14.4 Å². The van der Waals surface area contributed by atoms with E-state index in [1.807, 2.05) is 37.3 Å². The van der Waals surface area contributed by atoms with Gasteiger partial charge >= 0.3 is 12.1 Å². The topological polar surface area (TPSA) is 82.8 Å². The molecule has 1 heterocycles. The summed E-state index contributed by atoms with van der Waals surface area (Å²) in [6.45, 7) is 3.36. The van der Waals surface area contributed by atoms with Crippen molar-refractivity contribution < 1.29 is 19.1 Å². The van der Waals surface area contributed by atoms with Crippen molar-refractivity contribution in [1.82, 2.24) is 14.3 Å². The SMILES string of the molecule is CCCCc1c(OC(=O)N(C)C)n(-c2ccc(OC(C)=O)cc2)n(-c2ccccc2)c1=O. The number of esters is 1. The van der Waals surface area contributed by atoms with Crippen molar-refractivity contribution in [3.05, 3.63) is 70.5 Å². The maximum absolute atomic E-state index is 13.5. The van der Waals surface area contributed by atoms with E-state index in [0.29, 0.717) is 29.1 Å². The summed E-state index contributed by atoms with van der Waals surface area (Å²) in [7, 11) is 3.16. The van der Waals surface area contributed by atoms with E-state index >= 15 is 0 Å². The van der Waals surface area contributed by atoms with E-state index in [4.69, 9.17) is 9.47 Å². The second-order valence-corrected chi connectivity index (χ2v) is 7.50. The van der Waals surface area contributed by atoms with Crippen LogP contribution in [-0.2, 0) is 11.2 Å². The molecule has 0 radical (unpaired) electrons. The average Bonchev–Trinajstić information content (AvgIpc) is 3.04. The van der Waals surface area contributed by atoms with Gasteiger partial charge in [0.25, 0.3) is 5.56 Å². The number of para-hydroxylation sites is 1. The van der Waals surface area contributed by atoms with Crippen molar-refractivity contribution in [2.75, 3.05) is 14.1 Å². The number of rotatable bonds is 7. The van der Waals surface area contributed by atoms with Crippen molar-refractivity contribution in [3.63, 3.8) is 0 Å². The zero-order valence-corrected chi connectivity index (χ0v) is 18.7. The summed E-state index contributed by atoms with van der Waals surface area (Å²) < 4.78 is 13.9. The predicted molar refractivity (Wildman–Crippen MR) is 121 cm³/mol. The number of aromatic nitrogens is 2. The maximum Gasteiger partial charge on any atom is 0.416 e. The summed E-state index contributed by atoms with van der Waals surface area (Å²) in [4.78, 5) is 38.6. The van der Waals surface area contributed by atoms with E-state index in [1.54, 1.807) is 43.0 Å². The first-order valence-electron chi connectivity index (χ1n) is 10.4. The van der Waals surface area contributed by atoms with Gasteiger partial charge in [-0.1, -0.05) is 31.5 Å². The van der Waals surface area contributed by atoms with Crippen LogP contribution >= 0.6 is 0 Å². The highest BCUT2D eigenvalue weighted by atomic mass is 16.6. The first-order valence-corrected chi connectivity index (χ1v) is 10.4. The summed E-state index contributed by atoms with van der Waals surface area (Å²) in [6, 6.07) is 15.8. The zero-order valence-electron chi connectivity index (χ0n) is 18.7. The van der Waals surface area contributed by atoms with Crippen LogP contribution in [0, 0.1) is 0 Å². The number of ether oxygens (including phenoxy) is 2. The molecule has 3 aromatic rings. The molecule has 0 bridgehead atoms. The van der Waals surface area contributed by atoms with Crippen LogP contribution in [0.3, 0.4) is 0 Å². The van der Waals surface area contributed by atoms with Crippen LogP contribution < -0.4 is 15.0 Å². The third-order valence-electron chi connectivity index (χ3n) is 4.77. The Morgan fingerprint density at radius 2 is 1.53 bits per heavy atom. The fourth-order valence-electron chi connectivity index (χ4n) is 3.23. The van der Waals surface area contributed by atoms with Crippen molar-refractivity contribution in [2.24, 2.45) is 0 Å². The Kier molecular flexibility index (Phi) is 7.14. The van der Waals surface area contributed by atoms with E-state index in [9.17, 15) is 14.4 Å². The molecule has 0 aliphatic rings. The van der Waals surface area contributed by atoms with Gasteiger partial charge in [0.05, 0.1) is 16.9 Å². The lowest BCUT2D eigenvalue weighted by Crippen LogP contribution is -2.27. The van der Waals surface area contributed by atoms with Crippen molar-refractivity contribution in [2.45, 2.75) is 33.1 Å². The lowest BCUT2D eigenvalue weighted by Gasteiger charge is -2.17. The zero-order chi connectivity index (χ0) is 23.3. The molecule has 0 N–H and O–H groups in total. The molecule has 168 valence electrons. The minimum Gasteiger partial charge on any atom is -0.427 e. The molecular formula is C24H27N3O5. The van der Waals surface area contributed by atoms with Crippen molar-refractivity contribution >= 4 is 12.1 Å². The first-order chi connectivity index (χ1) is 15.3. The Morgan fingerprint density at radius 1 is 0.906 bits per heavy atom. The van der Waals surface area contributed by atoms with Gasteiger partial charge in [-0.05, 0) is 49.2 Å². The molecule has 3 rings (SSSR count). The van der Waals surface area contributed by atoms with Crippen LogP contribution in [0.4, 0.5) is 4.79 Å². The van der Waals surface area contributed by atoms with E-state index in [-0.39, 0.29) is 11.4 Å². The Balaban J connectivity index is 2.26. The highest BCUT2D eigenvalue weighted by molar-refractivity contribution is 5.71. The molecule has 1 amide bonds. The molecule has 0 fully saturated rings. The number of benzene rings is 2. The van der Waals surface area contributed by atoms with Gasteiger partial charge in [-0.3, -0.25) is 9.59 Å². The van der Waals surface area contributed by atoms with E-state index < -0.39 is 12.1 Å². The Bertz CT molecular complexity index is 1140. The van der Waals surface area contributed by atoms with Gasteiger partial charge in [0.2, 0.25) is 5.88 Å². The van der Waals surface area contributed by atoms with Gasteiger partial charge in [0.1, 0.15) is 5.75 Å². The summed E-state index contributed by atoms with van der Waals surface area (Å²) >= 11 is 0. The number of amides is 1. The average molecular weight is 437 g/mol. The molecule has 0 spiro atoms. The summed E-state index contributed by atoms with van der Waals surface area (Å²) in [5, 5.41) is 0. The number of hydrogen-bond donors (Lipinski definition) is 0. The number of nitrogens with zero attached hydrogens (tertiary/aromatic N) is 3. The molecule has 0 saturated carbocycles. The van der Waals surface area contributed by atoms with Crippen molar-refractivity contribution in [1.29, 1.82) is 0 Å². The Hall–Kier alpha value is -3.81. The number of hydrogen-bond acceptors (Lipinski definition) is 5. The van der Waals surface area contributed by atoms with Crippen LogP contribution in [0.5, 0.6) is 11.6 Å². The van der Waals surface area contributed by atoms with E-state index in [0.717, 1.165) is 12.8 Å². The Morgan fingerprint density at radius 3 is 2.09 bits per heavy atom. The molecule has 8 heteroatoms. The van der Waals surface area contributed by atoms with Gasteiger partial charge in [0.15, 0.2) is 0 Å². The number of unbranched alkanes of at least 4 members (excludes halogenated alkanes) is 1. The monoisotopic (exact) mass is 437 g/mol. The third kappa shape index (κ3) is 4.91. The van der Waals surface area contributed by atoms with E-state index in [2.05, 4.69) is 0 Å². The molecule has 8 nitrogen and oxygen atoms in total. The van der Waals surface area contributed by atoms with E-state index in [1.165, 1.54) is 16.5 Å². The van der Waals surface area contributed by atoms with Gasteiger partial charge in [-0.15, -0.1) is 0 Å². The minimum atomic E-state index is -0.585. The van der Waals surface area contributed by atoms with Gasteiger partial charge in [-0.25, -0.2) is 14.2 Å².